The van der Waals surface area contributed by atoms with E-state index in [4.69, 9.17) is 10.5 Å². The summed E-state index contributed by atoms with van der Waals surface area (Å²) in [5.74, 6) is 0.830. The Balaban J connectivity index is 1.84. The smallest absolute Gasteiger partial charge is 0.119 e. The molecule has 2 rings (SSSR count). The highest BCUT2D eigenvalue weighted by atomic mass is 16.5. The Kier molecular flexibility index (Phi) is 3.81. The molecule has 0 saturated heterocycles. The fourth-order valence-electron chi connectivity index (χ4n) is 1.46. The minimum Gasteiger partial charge on any atom is -0.490 e. The van der Waals surface area contributed by atoms with Crippen molar-refractivity contribution in [3.8, 4) is 5.75 Å². The number of hydrogen-bond donors (Lipinski definition) is 1. The summed E-state index contributed by atoms with van der Waals surface area (Å²) in [6.07, 6.45) is 4.03. The predicted molar refractivity (Wildman–Crippen MR) is 71.8 cm³/mol. The van der Waals surface area contributed by atoms with E-state index in [1.54, 1.807) is 0 Å². The first-order valence-corrected chi connectivity index (χ1v) is 5.54. The van der Waals surface area contributed by atoms with Gasteiger partial charge in [-0.25, -0.2) is 0 Å². The molecule has 0 bridgehead atoms. The summed E-state index contributed by atoms with van der Waals surface area (Å²) in [4.78, 5) is 0. The number of nitrogens with two attached hydrogens (primary N) is 1. The Morgan fingerprint density at radius 2 is 1.65 bits per heavy atom. The van der Waals surface area contributed by atoms with Crippen molar-refractivity contribution in [2.24, 2.45) is 0 Å². The van der Waals surface area contributed by atoms with E-state index >= 15 is 0 Å². The van der Waals surface area contributed by atoms with Crippen LogP contribution in [0.1, 0.15) is 5.56 Å². The molecule has 86 valence electrons. The first-order chi connectivity index (χ1) is 8.34. The van der Waals surface area contributed by atoms with Crippen molar-refractivity contribution in [2.75, 3.05) is 12.3 Å². The summed E-state index contributed by atoms with van der Waals surface area (Å²) in [5, 5.41) is 0. The second-order valence-corrected chi connectivity index (χ2v) is 3.69. The molecule has 2 heteroatoms. The van der Waals surface area contributed by atoms with Crippen molar-refractivity contribution in [3.05, 3.63) is 66.2 Å². The zero-order valence-electron chi connectivity index (χ0n) is 9.54. The number of rotatable bonds is 4. The van der Waals surface area contributed by atoms with Gasteiger partial charge in [-0.1, -0.05) is 36.4 Å². The Morgan fingerprint density at radius 1 is 0.941 bits per heavy atom. The maximum Gasteiger partial charge on any atom is 0.119 e. The van der Waals surface area contributed by atoms with Crippen LogP contribution in [0.15, 0.2) is 60.7 Å². The lowest BCUT2D eigenvalue weighted by Gasteiger charge is -2.02. The third-order valence-corrected chi connectivity index (χ3v) is 2.34. The second kappa shape index (κ2) is 5.75. The third kappa shape index (κ3) is 3.68. The van der Waals surface area contributed by atoms with Crippen molar-refractivity contribution in [1.29, 1.82) is 0 Å². The molecule has 0 radical (unpaired) electrons. The summed E-state index contributed by atoms with van der Waals surface area (Å²) in [6.45, 7) is 0.554. The van der Waals surface area contributed by atoms with Gasteiger partial charge in [-0.05, 0) is 35.9 Å². The minimum atomic E-state index is 0.554. The van der Waals surface area contributed by atoms with E-state index in [0.29, 0.717) is 6.61 Å². The van der Waals surface area contributed by atoms with Gasteiger partial charge in [0.25, 0.3) is 0 Å². The Hall–Kier alpha value is -2.22. The van der Waals surface area contributed by atoms with E-state index in [1.165, 1.54) is 5.56 Å². The zero-order valence-corrected chi connectivity index (χ0v) is 9.54. The Bertz CT molecular complexity index is 474. The lowest BCUT2D eigenvalue weighted by atomic mass is 10.2. The van der Waals surface area contributed by atoms with E-state index in [-0.39, 0.29) is 0 Å². The van der Waals surface area contributed by atoms with Crippen LogP contribution >= 0.6 is 0 Å². The third-order valence-electron chi connectivity index (χ3n) is 2.34. The first kappa shape index (κ1) is 11.3. The van der Waals surface area contributed by atoms with Gasteiger partial charge in [-0.2, -0.15) is 0 Å². The van der Waals surface area contributed by atoms with Crippen LogP contribution in [0.2, 0.25) is 0 Å². The molecule has 0 heterocycles. The number of benzene rings is 2. The molecule has 0 amide bonds. The van der Waals surface area contributed by atoms with Crippen LogP contribution in [-0.2, 0) is 0 Å². The van der Waals surface area contributed by atoms with Crippen LogP contribution in [0.4, 0.5) is 5.69 Å². The minimum absolute atomic E-state index is 0.554. The SMILES string of the molecule is Nc1ccc(OC/C=C/c2ccccc2)cc1. The van der Waals surface area contributed by atoms with Gasteiger partial charge in [-0.3, -0.25) is 0 Å². The van der Waals surface area contributed by atoms with Crippen LogP contribution in [0.3, 0.4) is 0 Å². The van der Waals surface area contributed by atoms with Gasteiger partial charge in [0.05, 0.1) is 0 Å². The second-order valence-electron chi connectivity index (χ2n) is 3.69. The molecule has 0 fully saturated rings. The fourth-order valence-corrected chi connectivity index (χ4v) is 1.46. The van der Waals surface area contributed by atoms with Crippen LogP contribution in [0.25, 0.3) is 6.08 Å². The quantitative estimate of drug-likeness (QED) is 0.810. The van der Waals surface area contributed by atoms with Crippen LogP contribution < -0.4 is 10.5 Å². The van der Waals surface area contributed by atoms with Crippen molar-refractivity contribution in [1.82, 2.24) is 0 Å². The molecule has 0 atom stereocenters. The molecular formula is C15H15NO. The summed E-state index contributed by atoms with van der Waals surface area (Å²) < 4.78 is 5.54. The number of hydrogen-bond acceptors (Lipinski definition) is 2. The molecule has 2 aromatic rings. The summed E-state index contributed by atoms with van der Waals surface area (Å²) in [6, 6.07) is 17.5. The lowest BCUT2D eigenvalue weighted by molar-refractivity contribution is 0.363. The van der Waals surface area contributed by atoms with Crippen molar-refractivity contribution in [3.63, 3.8) is 0 Å². The highest BCUT2D eigenvalue weighted by molar-refractivity contribution is 5.48. The molecule has 0 aromatic heterocycles. The fraction of sp³-hybridized carbons (Fsp3) is 0.0667. The van der Waals surface area contributed by atoms with Gasteiger partial charge >= 0.3 is 0 Å². The molecule has 0 aliphatic carbocycles. The van der Waals surface area contributed by atoms with Gasteiger partial charge in [-0.15, -0.1) is 0 Å². The molecule has 0 spiro atoms. The van der Waals surface area contributed by atoms with Crippen LogP contribution in [0.5, 0.6) is 5.75 Å². The van der Waals surface area contributed by atoms with Gasteiger partial charge in [0.2, 0.25) is 0 Å². The molecule has 2 nitrogen and oxygen atoms in total. The van der Waals surface area contributed by atoms with Crippen molar-refractivity contribution in [2.45, 2.75) is 0 Å². The summed E-state index contributed by atoms with van der Waals surface area (Å²) in [7, 11) is 0. The monoisotopic (exact) mass is 225 g/mol. The maximum atomic E-state index is 5.59. The number of anilines is 1. The highest BCUT2D eigenvalue weighted by Gasteiger charge is 1.90. The maximum absolute atomic E-state index is 5.59. The topological polar surface area (TPSA) is 35.2 Å². The van der Waals surface area contributed by atoms with Gasteiger partial charge in [0.1, 0.15) is 12.4 Å². The van der Waals surface area contributed by atoms with E-state index in [0.717, 1.165) is 11.4 Å². The van der Waals surface area contributed by atoms with E-state index in [2.05, 4.69) is 12.1 Å². The molecular weight excluding hydrogens is 210 g/mol. The number of nitrogen functional groups attached to an aromatic ring is 1. The normalized spacial score (nSPS) is 10.6. The molecule has 0 saturated carbocycles. The van der Waals surface area contributed by atoms with Crippen LogP contribution in [0, 0.1) is 0 Å². The Labute approximate surface area is 101 Å². The highest BCUT2D eigenvalue weighted by Crippen LogP contribution is 2.13. The van der Waals surface area contributed by atoms with E-state index < -0.39 is 0 Å². The average Bonchev–Trinajstić information content (AvgIpc) is 2.38. The van der Waals surface area contributed by atoms with Gasteiger partial charge < -0.3 is 10.5 Å². The van der Waals surface area contributed by atoms with Gasteiger partial charge in [0.15, 0.2) is 0 Å². The predicted octanol–water partition coefficient (Wildman–Crippen LogP) is 3.36. The zero-order chi connectivity index (χ0) is 11.9. The van der Waals surface area contributed by atoms with Crippen LogP contribution in [-0.4, -0.2) is 6.61 Å². The molecule has 17 heavy (non-hydrogen) atoms. The number of ether oxygens (including phenoxy) is 1. The molecule has 0 aliphatic rings. The van der Waals surface area contributed by atoms with E-state index in [1.807, 2.05) is 54.6 Å². The molecule has 2 N–H and O–H groups in total. The standard InChI is InChI=1S/C15H15NO/c16-14-8-10-15(11-9-14)17-12-4-7-13-5-2-1-3-6-13/h1-11H,12,16H2/b7-4+. The lowest BCUT2D eigenvalue weighted by Crippen LogP contribution is -1.93. The molecule has 2 aromatic carbocycles. The van der Waals surface area contributed by atoms with Gasteiger partial charge in [0, 0.05) is 5.69 Å². The largest absolute Gasteiger partial charge is 0.490 e. The first-order valence-electron chi connectivity index (χ1n) is 5.54. The molecule has 0 aliphatic heterocycles. The average molecular weight is 225 g/mol. The summed E-state index contributed by atoms with van der Waals surface area (Å²) >= 11 is 0. The van der Waals surface area contributed by atoms with E-state index in [9.17, 15) is 0 Å². The summed E-state index contributed by atoms with van der Waals surface area (Å²) in [5.41, 5.74) is 7.51. The Morgan fingerprint density at radius 3 is 2.35 bits per heavy atom. The molecule has 0 unspecified atom stereocenters. The van der Waals surface area contributed by atoms with Crippen molar-refractivity contribution < 1.29 is 4.74 Å². The van der Waals surface area contributed by atoms with Crippen molar-refractivity contribution >= 4 is 11.8 Å².